The molecule has 112 valence electrons. The molecule has 2 aromatic rings. The van der Waals surface area contributed by atoms with Crippen molar-refractivity contribution >= 4 is 23.2 Å². The number of hydrogen-bond donors (Lipinski definition) is 1. The van der Waals surface area contributed by atoms with Gasteiger partial charge in [0.15, 0.2) is 11.9 Å². The van der Waals surface area contributed by atoms with Gasteiger partial charge >= 0.3 is 0 Å². The third kappa shape index (κ3) is 2.86. The van der Waals surface area contributed by atoms with Crippen LogP contribution < -0.4 is 10.5 Å². The van der Waals surface area contributed by atoms with Gasteiger partial charge in [0.25, 0.3) is 5.89 Å². The van der Waals surface area contributed by atoms with Gasteiger partial charge in [-0.1, -0.05) is 28.4 Å². The number of hydrogen-bond acceptors (Lipinski definition) is 5. The maximum atomic E-state index is 6.17. The zero-order chi connectivity index (χ0) is 15.0. The second-order valence-corrected chi connectivity index (χ2v) is 6.14. The van der Waals surface area contributed by atoms with Crippen LogP contribution in [0.1, 0.15) is 44.0 Å². The fourth-order valence-electron chi connectivity index (χ4n) is 2.20. The van der Waals surface area contributed by atoms with Gasteiger partial charge in [0.05, 0.1) is 10.6 Å². The van der Waals surface area contributed by atoms with Crippen molar-refractivity contribution in [3.8, 4) is 5.75 Å². The van der Waals surface area contributed by atoms with Crippen LogP contribution in [0.2, 0.25) is 10.0 Å². The minimum Gasteiger partial charge on any atom is -0.479 e. The molecular formula is C14H15Cl2N3O2. The van der Waals surface area contributed by atoms with Crippen LogP contribution in [0.15, 0.2) is 22.7 Å². The van der Waals surface area contributed by atoms with Gasteiger partial charge in [-0.05, 0) is 44.4 Å². The molecular weight excluding hydrogens is 313 g/mol. The summed E-state index contributed by atoms with van der Waals surface area (Å²) in [4.78, 5) is 4.35. The van der Waals surface area contributed by atoms with E-state index in [2.05, 4.69) is 10.1 Å². The van der Waals surface area contributed by atoms with Crippen molar-refractivity contribution in [1.29, 1.82) is 0 Å². The van der Waals surface area contributed by atoms with Crippen molar-refractivity contribution in [3.05, 3.63) is 40.0 Å². The lowest BCUT2D eigenvalue weighted by Gasteiger charge is -2.34. The van der Waals surface area contributed by atoms with E-state index >= 15 is 0 Å². The Morgan fingerprint density at radius 3 is 2.76 bits per heavy atom. The number of halogens is 2. The summed E-state index contributed by atoms with van der Waals surface area (Å²) in [6, 6.07) is 5.03. The first kappa shape index (κ1) is 14.6. The Hall–Kier alpha value is -1.30. The lowest BCUT2D eigenvalue weighted by atomic mass is 9.77. The Bertz CT molecular complexity index is 655. The number of nitrogens with two attached hydrogens (primary N) is 1. The molecule has 0 spiro atoms. The topological polar surface area (TPSA) is 74.2 Å². The normalized spacial score (nSPS) is 18.1. The van der Waals surface area contributed by atoms with Crippen LogP contribution in [0, 0.1) is 0 Å². The molecule has 7 heteroatoms. The van der Waals surface area contributed by atoms with Gasteiger partial charge in [0, 0.05) is 5.02 Å². The summed E-state index contributed by atoms with van der Waals surface area (Å²) < 4.78 is 11.0. The highest BCUT2D eigenvalue weighted by atomic mass is 35.5. The van der Waals surface area contributed by atoms with Crippen LogP contribution in [-0.2, 0) is 5.54 Å². The molecule has 1 heterocycles. The number of benzene rings is 1. The molecule has 1 fully saturated rings. The molecule has 1 saturated carbocycles. The minimum atomic E-state index is -0.445. The third-order valence-electron chi connectivity index (χ3n) is 3.68. The number of ether oxygens (including phenoxy) is 1. The number of aromatic nitrogens is 2. The van der Waals surface area contributed by atoms with Crippen molar-refractivity contribution in [2.75, 3.05) is 0 Å². The van der Waals surface area contributed by atoms with E-state index in [4.69, 9.17) is 38.2 Å². The van der Waals surface area contributed by atoms with Crippen molar-refractivity contribution in [2.24, 2.45) is 5.73 Å². The summed E-state index contributed by atoms with van der Waals surface area (Å²) in [5.41, 5.74) is 5.72. The molecule has 0 bridgehead atoms. The van der Waals surface area contributed by atoms with Crippen molar-refractivity contribution in [3.63, 3.8) is 0 Å². The van der Waals surface area contributed by atoms with Crippen molar-refractivity contribution < 1.29 is 9.26 Å². The Kier molecular flexibility index (Phi) is 3.82. The van der Waals surface area contributed by atoms with E-state index in [0.29, 0.717) is 27.5 Å². The minimum absolute atomic E-state index is 0.382. The average Bonchev–Trinajstić information content (AvgIpc) is 2.89. The van der Waals surface area contributed by atoms with Gasteiger partial charge in [0.2, 0.25) is 0 Å². The summed E-state index contributed by atoms with van der Waals surface area (Å²) in [7, 11) is 0. The highest BCUT2D eigenvalue weighted by Crippen LogP contribution is 2.37. The maximum absolute atomic E-state index is 6.17. The van der Waals surface area contributed by atoms with Crippen molar-refractivity contribution in [2.45, 2.75) is 37.8 Å². The monoisotopic (exact) mass is 327 g/mol. The van der Waals surface area contributed by atoms with E-state index in [-0.39, 0.29) is 0 Å². The van der Waals surface area contributed by atoms with Crippen LogP contribution >= 0.6 is 23.2 Å². The first-order chi connectivity index (χ1) is 9.98. The summed E-state index contributed by atoms with van der Waals surface area (Å²) in [6.07, 6.45) is 2.43. The van der Waals surface area contributed by atoms with Crippen molar-refractivity contribution in [1.82, 2.24) is 10.1 Å². The zero-order valence-corrected chi connectivity index (χ0v) is 13.0. The molecule has 1 aliphatic carbocycles. The second-order valence-electron chi connectivity index (χ2n) is 5.30. The van der Waals surface area contributed by atoms with Crippen LogP contribution in [0.3, 0.4) is 0 Å². The molecule has 1 aromatic carbocycles. The fraction of sp³-hybridized carbons (Fsp3) is 0.429. The molecule has 0 radical (unpaired) electrons. The largest absolute Gasteiger partial charge is 0.479 e. The molecule has 1 aromatic heterocycles. The number of rotatable bonds is 4. The third-order valence-corrected chi connectivity index (χ3v) is 4.21. The van der Waals surface area contributed by atoms with E-state index in [0.717, 1.165) is 19.3 Å². The molecule has 1 atom stereocenters. The fourth-order valence-corrected chi connectivity index (χ4v) is 2.65. The van der Waals surface area contributed by atoms with Crippen LogP contribution in [-0.4, -0.2) is 10.1 Å². The van der Waals surface area contributed by atoms with Gasteiger partial charge in [0.1, 0.15) is 5.75 Å². The van der Waals surface area contributed by atoms with E-state index in [1.807, 2.05) is 6.92 Å². The molecule has 5 nitrogen and oxygen atoms in total. The highest BCUT2D eigenvalue weighted by molar-refractivity contribution is 6.35. The van der Waals surface area contributed by atoms with Crippen LogP contribution in [0.25, 0.3) is 0 Å². The van der Waals surface area contributed by atoms with Gasteiger partial charge in [-0.25, -0.2) is 0 Å². The number of nitrogens with zero attached hydrogens (tertiary/aromatic N) is 2. The Labute approximate surface area is 132 Å². The SMILES string of the molecule is CC(Oc1ccc(Cl)cc1Cl)c1nc(C2(N)CCC2)no1. The Morgan fingerprint density at radius 2 is 2.14 bits per heavy atom. The predicted octanol–water partition coefficient (Wildman–Crippen LogP) is 3.85. The molecule has 2 N–H and O–H groups in total. The first-order valence-corrected chi connectivity index (χ1v) is 7.48. The Morgan fingerprint density at radius 1 is 1.38 bits per heavy atom. The standard InChI is InChI=1S/C14H15Cl2N3O2/c1-8(20-11-4-3-9(15)7-10(11)16)12-18-13(19-21-12)14(17)5-2-6-14/h3-4,7-8H,2,5-6,17H2,1H3. The van der Waals surface area contributed by atoms with E-state index < -0.39 is 11.6 Å². The smallest absolute Gasteiger partial charge is 0.267 e. The highest BCUT2D eigenvalue weighted by Gasteiger charge is 2.39. The maximum Gasteiger partial charge on any atom is 0.267 e. The first-order valence-electron chi connectivity index (χ1n) is 6.73. The van der Waals surface area contributed by atoms with Gasteiger partial charge in [-0.3, -0.25) is 0 Å². The van der Waals surface area contributed by atoms with Crippen LogP contribution in [0.4, 0.5) is 0 Å². The summed E-state index contributed by atoms with van der Waals surface area (Å²) >= 11 is 11.9. The molecule has 0 aliphatic heterocycles. The molecule has 1 aliphatic rings. The van der Waals surface area contributed by atoms with E-state index in [1.54, 1.807) is 18.2 Å². The van der Waals surface area contributed by atoms with Gasteiger partial charge in [-0.2, -0.15) is 4.98 Å². The average molecular weight is 328 g/mol. The van der Waals surface area contributed by atoms with Gasteiger partial charge in [-0.15, -0.1) is 0 Å². The lowest BCUT2D eigenvalue weighted by molar-refractivity contribution is 0.174. The van der Waals surface area contributed by atoms with E-state index in [9.17, 15) is 0 Å². The van der Waals surface area contributed by atoms with E-state index in [1.165, 1.54) is 0 Å². The summed E-state index contributed by atoms with van der Waals surface area (Å²) in [5.74, 6) is 1.44. The molecule has 0 saturated heterocycles. The predicted molar refractivity (Wildman–Crippen MR) is 79.5 cm³/mol. The molecule has 21 heavy (non-hydrogen) atoms. The van der Waals surface area contributed by atoms with Gasteiger partial charge < -0.3 is 15.0 Å². The lowest BCUT2D eigenvalue weighted by Crippen LogP contribution is -2.44. The second kappa shape index (κ2) is 5.48. The summed E-state index contributed by atoms with van der Waals surface area (Å²) in [5, 5.41) is 4.95. The van der Waals surface area contributed by atoms with Crippen LogP contribution in [0.5, 0.6) is 5.75 Å². The summed E-state index contributed by atoms with van der Waals surface area (Å²) in [6.45, 7) is 1.81. The molecule has 0 amide bonds. The molecule has 3 rings (SSSR count). The quantitative estimate of drug-likeness (QED) is 0.922. The zero-order valence-electron chi connectivity index (χ0n) is 11.5. The molecule has 1 unspecified atom stereocenters. The Balaban J connectivity index is 1.74.